The lowest BCUT2D eigenvalue weighted by Gasteiger charge is -2.09. The molecule has 3 aromatic heterocycles. The SMILES string of the molecule is Cc1cncc(Cl)c1CBr.Cc1cncc(Cl)c1CSc1nc(C(F)(F)F)cc(=O)[nH]1. The van der Waals surface area contributed by atoms with Gasteiger partial charge in [0, 0.05) is 41.9 Å². The molecule has 3 aromatic rings. The second-order valence-corrected chi connectivity index (χ2v) is 8.53. The van der Waals surface area contributed by atoms with Gasteiger partial charge in [-0.05, 0) is 36.1 Å². The zero-order chi connectivity index (χ0) is 23.2. The number of aryl methyl sites for hydroxylation is 2. The smallest absolute Gasteiger partial charge is 0.301 e. The molecule has 0 atom stereocenters. The molecule has 3 heterocycles. The molecule has 0 radical (unpaired) electrons. The molecule has 0 spiro atoms. The van der Waals surface area contributed by atoms with E-state index in [-0.39, 0.29) is 10.9 Å². The third kappa shape index (κ3) is 7.48. The zero-order valence-corrected chi connectivity index (χ0v) is 20.1. The Morgan fingerprint density at radius 1 is 1.03 bits per heavy atom. The molecule has 166 valence electrons. The third-order valence-corrected chi connectivity index (χ3v) is 6.05. The van der Waals surface area contributed by atoms with Crippen molar-refractivity contribution in [3.05, 3.63) is 79.2 Å². The molecule has 0 aliphatic carbocycles. The fourth-order valence-electron chi connectivity index (χ4n) is 2.26. The molecule has 0 aliphatic heterocycles. The van der Waals surface area contributed by atoms with E-state index in [1.807, 2.05) is 13.1 Å². The van der Waals surface area contributed by atoms with Gasteiger partial charge in [0.05, 0.1) is 10.0 Å². The molecule has 0 aromatic carbocycles. The molecule has 31 heavy (non-hydrogen) atoms. The number of H-pyrrole nitrogens is 1. The summed E-state index contributed by atoms with van der Waals surface area (Å²) in [6, 6.07) is 0.425. The van der Waals surface area contributed by atoms with Crippen LogP contribution in [0.4, 0.5) is 13.2 Å². The number of nitrogens with one attached hydrogen (secondary N) is 1. The molecule has 0 aliphatic rings. The van der Waals surface area contributed by atoms with Gasteiger partial charge in [0.1, 0.15) is 0 Å². The van der Waals surface area contributed by atoms with Crippen LogP contribution in [-0.4, -0.2) is 19.9 Å². The van der Waals surface area contributed by atoms with Gasteiger partial charge in [-0.3, -0.25) is 14.8 Å². The Kier molecular flexibility index (Phi) is 9.35. The van der Waals surface area contributed by atoms with E-state index in [1.54, 1.807) is 19.3 Å². The maximum absolute atomic E-state index is 12.6. The average molecular weight is 556 g/mol. The highest BCUT2D eigenvalue weighted by atomic mass is 79.9. The first kappa shape index (κ1) is 25.6. The minimum atomic E-state index is -4.66. The Balaban J connectivity index is 0.000000285. The molecule has 0 amide bonds. The number of thioether (sulfide) groups is 1. The summed E-state index contributed by atoms with van der Waals surface area (Å²) in [7, 11) is 0. The van der Waals surface area contributed by atoms with Crippen LogP contribution in [-0.2, 0) is 17.3 Å². The number of nitrogens with zero attached hydrogens (tertiary/aromatic N) is 3. The lowest BCUT2D eigenvalue weighted by molar-refractivity contribution is -0.141. The second-order valence-electron chi connectivity index (χ2n) is 6.19. The maximum atomic E-state index is 12.6. The highest BCUT2D eigenvalue weighted by Gasteiger charge is 2.33. The molecule has 0 fully saturated rings. The van der Waals surface area contributed by atoms with E-state index < -0.39 is 17.4 Å². The minimum absolute atomic E-state index is 0.109. The largest absolute Gasteiger partial charge is 0.433 e. The van der Waals surface area contributed by atoms with Crippen LogP contribution in [0.15, 0.2) is 40.8 Å². The molecule has 0 saturated carbocycles. The van der Waals surface area contributed by atoms with Crippen molar-refractivity contribution in [2.45, 2.75) is 36.3 Å². The Morgan fingerprint density at radius 2 is 1.58 bits per heavy atom. The number of aromatic amines is 1. The Morgan fingerprint density at radius 3 is 2.03 bits per heavy atom. The first-order valence-electron chi connectivity index (χ1n) is 8.58. The van der Waals surface area contributed by atoms with Crippen LogP contribution in [0.1, 0.15) is 27.9 Å². The lowest BCUT2D eigenvalue weighted by atomic mass is 10.2. The Labute approximate surface area is 199 Å². The van der Waals surface area contributed by atoms with Gasteiger partial charge < -0.3 is 4.98 Å². The van der Waals surface area contributed by atoms with Crippen molar-refractivity contribution in [3.8, 4) is 0 Å². The molecular formula is C19H16BrCl2F3N4OS. The lowest BCUT2D eigenvalue weighted by Crippen LogP contribution is -2.16. The van der Waals surface area contributed by atoms with Crippen LogP contribution in [0.25, 0.3) is 0 Å². The molecule has 0 bridgehead atoms. The minimum Gasteiger partial charge on any atom is -0.301 e. The normalized spacial score (nSPS) is 11.1. The van der Waals surface area contributed by atoms with Gasteiger partial charge in [0.15, 0.2) is 10.9 Å². The number of aromatic nitrogens is 4. The molecule has 5 nitrogen and oxygen atoms in total. The van der Waals surface area contributed by atoms with Crippen LogP contribution in [0, 0.1) is 13.8 Å². The van der Waals surface area contributed by atoms with Crippen LogP contribution >= 0.6 is 50.9 Å². The van der Waals surface area contributed by atoms with Crippen molar-refractivity contribution in [1.29, 1.82) is 0 Å². The monoisotopic (exact) mass is 554 g/mol. The van der Waals surface area contributed by atoms with E-state index in [2.05, 4.69) is 35.9 Å². The standard InChI is InChI=1S/C12H9ClF3N3OS.C7H7BrClN/c1-6-3-17-4-8(13)7(6)5-21-11-18-9(12(14,15)16)2-10(20)19-11;1-5-3-10-4-7(9)6(5)2-8/h2-4H,5H2,1H3,(H,18,19,20);3-4H,2H2,1H3. The molecule has 1 N–H and O–H groups in total. The Bertz CT molecular complexity index is 1070. The maximum Gasteiger partial charge on any atom is 0.433 e. The summed E-state index contributed by atoms with van der Waals surface area (Å²) in [5, 5.41) is 1.83. The summed E-state index contributed by atoms with van der Waals surface area (Å²) in [5.41, 5.74) is 1.73. The van der Waals surface area contributed by atoms with Crippen LogP contribution in [0.5, 0.6) is 0 Å². The number of pyridine rings is 2. The van der Waals surface area contributed by atoms with Gasteiger partial charge in [-0.15, -0.1) is 0 Å². The van der Waals surface area contributed by atoms with Crippen molar-refractivity contribution < 1.29 is 13.2 Å². The number of hydrogen-bond acceptors (Lipinski definition) is 5. The third-order valence-electron chi connectivity index (χ3n) is 3.94. The second kappa shape index (κ2) is 11.3. The Hall–Kier alpha value is -1.62. The molecule has 12 heteroatoms. The van der Waals surface area contributed by atoms with Crippen LogP contribution < -0.4 is 5.56 Å². The predicted molar refractivity (Wildman–Crippen MR) is 120 cm³/mol. The number of hydrogen-bond donors (Lipinski definition) is 1. The van der Waals surface area contributed by atoms with Crippen molar-refractivity contribution in [1.82, 2.24) is 19.9 Å². The van der Waals surface area contributed by atoms with Crippen molar-refractivity contribution >= 4 is 50.9 Å². The van der Waals surface area contributed by atoms with E-state index in [4.69, 9.17) is 23.2 Å². The summed E-state index contributed by atoms with van der Waals surface area (Å²) in [6.45, 7) is 3.78. The van der Waals surface area contributed by atoms with Gasteiger partial charge in [-0.1, -0.05) is 50.9 Å². The number of alkyl halides is 4. The van der Waals surface area contributed by atoms with E-state index in [0.717, 1.165) is 44.4 Å². The van der Waals surface area contributed by atoms with E-state index in [9.17, 15) is 18.0 Å². The van der Waals surface area contributed by atoms with Gasteiger partial charge in [0.2, 0.25) is 0 Å². The highest BCUT2D eigenvalue weighted by molar-refractivity contribution is 9.08. The van der Waals surface area contributed by atoms with E-state index in [1.165, 1.54) is 6.20 Å². The summed E-state index contributed by atoms with van der Waals surface area (Å²) < 4.78 is 37.8. The first-order valence-corrected chi connectivity index (χ1v) is 11.4. The molecule has 3 rings (SSSR count). The molecule has 0 saturated heterocycles. The fourth-order valence-corrected chi connectivity index (χ4v) is 4.79. The van der Waals surface area contributed by atoms with Crippen LogP contribution in [0.2, 0.25) is 10.0 Å². The summed E-state index contributed by atoms with van der Waals surface area (Å²) in [5.74, 6) is 0.275. The average Bonchev–Trinajstić information content (AvgIpc) is 2.67. The van der Waals surface area contributed by atoms with Crippen molar-refractivity contribution in [2.24, 2.45) is 0 Å². The van der Waals surface area contributed by atoms with Gasteiger partial charge in [0.25, 0.3) is 5.56 Å². The summed E-state index contributed by atoms with van der Waals surface area (Å²) in [6.07, 6.45) is 1.86. The summed E-state index contributed by atoms with van der Waals surface area (Å²) in [4.78, 5) is 24.8. The van der Waals surface area contributed by atoms with Crippen molar-refractivity contribution in [2.75, 3.05) is 0 Å². The highest BCUT2D eigenvalue weighted by Crippen LogP contribution is 2.30. The summed E-state index contributed by atoms with van der Waals surface area (Å²) >= 11 is 16.1. The predicted octanol–water partition coefficient (Wildman–Crippen LogP) is 6.38. The van der Waals surface area contributed by atoms with E-state index in [0.29, 0.717) is 11.1 Å². The number of halogens is 6. The first-order chi connectivity index (χ1) is 14.5. The van der Waals surface area contributed by atoms with Crippen molar-refractivity contribution in [3.63, 3.8) is 0 Å². The van der Waals surface area contributed by atoms with Gasteiger partial charge in [-0.2, -0.15) is 13.2 Å². The zero-order valence-electron chi connectivity index (χ0n) is 16.2. The number of rotatable bonds is 4. The van der Waals surface area contributed by atoms with Crippen LogP contribution in [0.3, 0.4) is 0 Å². The molecule has 0 unspecified atom stereocenters. The van der Waals surface area contributed by atoms with E-state index >= 15 is 0 Å². The van der Waals surface area contributed by atoms with Gasteiger partial charge in [-0.25, -0.2) is 4.98 Å². The quantitative estimate of drug-likeness (QED) is 0.230. The van der Waals surface area contributed by atoms with Gasteiger partial charge >= 0.3 is 6.18 Å². The fraction of sp³-hybridized carbons (Fsp3) is 0.263. The topological polar surface area (TPSA) is 71.5 Å². The molecular weight excluding hydrogens is 540 g/mol.